The third-order valence-electron chi connectivity index (χ3n) is 5.39. The molecule has 1 saturated heterocycles. The predicted molar refractivity (Wildman–Crippen MR) is 114 cm³/mol. The van der Waals surface area contributed by atoms with Crippen LogP contribution in [0, 0.1) is 22.7 Å². The molecule has 2 aliphatic rings. The molecule has 0 aromatic carbocycles. The van der Waals surface area contributed by atoms with Gasteiger partial charge < -0.3 is 5.32 Å². The van der Waals surface area contributed by atoms with Crippen molar-refractivity contribution in [3.63, 3.8) is 0 Å². The van der Waals surface area contributed by atoms with E-state index < -0.39 is 0 Å². The van der Waals surface area contributed by atoms with E-state index in [4.69, 9.17) is 0 Å². The quantitative estimate of drug-likeness (QED) is 0.476. The number of hydrogen-bond donors (Lipinski definition) is 1. The summed E-state index contributed by atoms with van der Waals surface area (Å²) in [6, 6.07) is 0. The van der Waals surface area contributed by atoms with Gasteiger partial charge in [0.2, 0.25) is 0 Å². The van der Waals surface area contributed by atoms with Gasteiger partial charge in [0.05, 0.1) is 0 Å². The van der Waals surface area contributed by atoms with Crippen molar-refractivity contribution < 1.29 is 0 Å². The number of rotatable bonds is 0. The number of hydrogen-bond acceptors (Lipinski definition) is 1. The molecular weight excluding hydrogens is 290 g/mol. The second kappa shape index (κ2) is 14.2. The first kappa shape index (κ1) is 26.2. The van der Waals surface area contributed by atoms with E-state index in [1.165, 1.54) is 58.0 Å². The summed E-state index contributed by atoms with van der Waals surface area (Å²) in [6.45, 7) is 24.6. The van der Waals surface area contributed by atoms with E-state index in [0.29, 0.717) is 10.8 Å². The second-order valence-corrected chi connectivity index (χ2v) is 9.09. The largest absolute Gasteiger partial charge is 0.317 e. The van der Waals surface area contributed by atoms with Crippen LogP contribution < -0.4 is 5.32 Å². The molecule has 0 amide bonds. The van der Waals surface area contributed by atoms with Crippen LogP contribution in [0.25, 0.3) is 0 Å². The summed E-state index contributed by atoms with van der Waals surface area (Å²) in [4.78, 5) is 0. The van der Waals surface area contributed by atoms with Gasteiger partial charge in [-0.3, -0.25) is 0 Å². The zero-order valence-electron chi connectivity index (χ0n) is 19.0. The van der Waals surface area contributed by atoms with Crippen molar-refractivity contribution in [1.82, 2.24) is 5.32 Å². The molecule has 2 fully saturated rings. The Hall–Kier alpha value is -0.0400. The molecule has 0 spiro atoms. The zero-order valence-corrected chi connectivity index (χ0v) is 19.0. The van der Waals surface area contributed by atoms with Gasteiger partial charge in [0.25, 0.3) is 0 Å². The monoisotopic (exact) mass is 341 g/mol. The van der Waals surface area contributed by atoms with Crippen LogP contribution in [0.5, 0.6) is 0 Å². The molecule has 1 N–H and O–H groups in total. The molecule has 24 heavy (non-hydrogen) atoms. The number of nitrogens with one attached hydrogen (secondary N) is 1. The Kier molecular flexibility index (Phi) is 15.5. The van der Waals surface area contributed by atoms with Crippen LogP contribution in [0.4, 0.5) is 0 Å². The summed E-state index contributed by atoms with van der Waals surface area (Å²) >= 11 is 0. The molecule has 2 rings (SSSR count). The first-order valence-corrected chi connectivity index (χ1v) is 10.9. The van der Waals surface area contributed by atoms with Crippen LogP contribution >= 0.6 is 0 Å². The Morgan fingerprint density at radius 3 is 1.12 bits per heavy atom. The Bertz CT molecular complexity index is 216. The predicted octanol–water partition coefficient (Wildman–Crippen LogP) is 7.70. The molecular formula is C23H51N. The molecule has 1 saturated carbocycles. The SMILES string of the molecule is CC.CC.CC(C)(C)C1CCCCC1.CC(C)(C)C1CCNCC1. The summed E-state index contributed by atoms with van der Waals surface area (Å²) in [5.74, 6) is 1.94. The van der Waals surface area contributed by atoms with Gasteiger partial charge in [-0.15, -0.1) is 0 Å². The molecule has 1 heteroatoms. The van der Waals surface area contributed by atoms with Gasteiger partial charge in [-0.25, -0.2) is 0 Å². The standard InChI is InChI=1S/C10H20.C9H19N.2C2H6/c1-10(2,3)9-7-5-4-6-8-9;1-9(2,3)8-4-6-10-7-5-8;2*1-2/h9H,4-8H2,1-3H3;8,10H,4-7H2,1-3H3;2*1-2H3. The van der Waals surface area contributed by atoms with Crippen LogP contribution in [-0.4, -0.2) is 13.1 Å². The molecule has 0 unspecified atom stereocenters. The van der Waals surface area contributed by atoms with Gasteiger partial charge in [0, 0.05) is 0 Å². The summed E-state index contributed by atoms with van der Waals surface area (Å²) in [5.41, 5.74) is 1.10. The molecule has 0 radical (unpaired) electrons. The first-order chi connectivity index (χ1) is 11.2. The highest BCUT2D eigenvalue weighted by Gasteiger charge is 2.26. The minimum absolute atomic E-state index is 0.530. The maximum absolute atomic E-state index is 3.39. The van der Waals surface area contributed by atoms with Crippen molar-refractivity contribution >= 4 is 0 Å². The molecule has 0 aromatic rings. The van der Waals surface area contributed by atoms with Crippen molar-refractivity contribution in [3.8, 4) is 0 Å². The number of piperidine rings is 1. The van der Waals surface area contributed by atoms with Crippen molar-refractivity contribution in [2.45, 2.75) is 114 Å². The van der Waals surface area contributed by atoms with E-state index in [0.717, 1.165) is 11.8 Å². The smallest absolute Gasteiger partial charge is 0.00461 e. The molecule has 1 aliphatic heterocycles. The van der Waals surface area contributed by atoms with Crippen molar-refractivity contribution in [1.29, 1.82) is 0 Å². The minimum atomic E-state index is 0.530. The first-order valence-electron chi connectivity index (χ1n) is 10.9. The Morgan fingerprint density at radius 2 is 0.875 bits per heavy atom. The Morgan fingerprint density at radius 1 is 0.542 bits per heavy atom. The highest BCUT2D eigenvalue weighted by molar-refractivity contribution is 4.78. The lowest BCUT2D eigenvalue weighted by molar-refractivity contribution is 0.180. The zero-order chi connectivity index (χ0) is 19.2. The van der Waals surface area contributed by atoms with Gasteiger partial charge in [-0.1, -0.05) is 88.5 Å². The molecule has 0 atom stereocenters. The molecule has 1 aliphatic carbocycles. The lowest BCUT2D eigenvalue weighted by Crippen LogP contribution is -2.34. The van der Waals surface area contributed by atoms with Crippen LogP contribution in [0.3, 0.4) is 0 Å². The minimum Gasteiger partial charge on any atom is -0.317 e. The van der Waals surface area contributed by atoms with E-state index in [1.807, 2.05) is 27.7 Å². The second-order valence-electron chi connectivity index (χ2n) is 9.09. The van der Waals surface area contributed by atoms with E-state index >= 15 is 0 Å². The summed E-state index contributed by atoms with van der Waals surface area (Å²) < 4.78 is 0. The van der Waals surface area contributed by atoms with Gasteiger partial charge in [0.15, 0.2) is 0 Å². The topological polar surface area (TPSA) is 12.0 Å². The fourth-order valence-corrected chi connectivity index (χ4v) is 3.66. The van der Waals surface area contributed by atoms with Crippen molar-refractivity contribution in [3.05, 3.63) is 0 Å². The van der Waals surface area contributed by atoms with Gasteiger partial charge in [0.1, 0.15) is 0 Å². The molecule has 148 valence electrons. The average Bonchev–Trinajstić information content (AvgIpc) is 2.59. The molecule has 1 heterocycles. The van der Waals surface area contributed by atoms with Gasteiger partial charge in [-0.05, 0) is 61.4 Å². The van der Waals surface area contributed by atoms with Crippen LogP contribution in [0.1, 0.15) is 114 Å². The highest BCUT2D eigenvalue weighted by Crippen LogP contribution is 2.37. The molecule has 1 nitrogen and oxygen atoms in total. The van der Waals surface area contributed by atoms with Crippen LogP contribution in [-0.2, 0) is 0 Å². The van der Waals surface area contributed by atoms with Gasteiger partial charge >= 0.3 is 0 Å². The van der Waals surface area contributed by atoms with E-state index in [1.54, 1.807) is 0 Å². The Balaban J connectivity index is 0. The third-order valence-corrected chi connectivity index (χ3v) is 5.39. The maximum Gasteiger partial charge on any atom is -0.00461 e. The third kappa shape index (κ3) is 12.3. The molecule has 0 bridgehead atoms. The Labute approximate surface area is 155 Å². The maximum atomic E-state index is 3.39. The van der Waals surface area contributed by atoms with E-state index in [2.05, 4.69) is 46.9 Å². The highest BCUT2D eigenvalue weighted by atomic mass is 14.9. The summed E-state index contributed by atoms with van der Waals surface area (Å²) in [7, 11) is 0. The van der Waals surface area contributed by atoms with E-state index in [-0.39, 0.29) is 0 Å². The van der Waals surface area contributed by atoms with Crippen molar-refractivity contribution in [2.75, 3.05) is 13.1 Å². The van der Waals surface area contributed by atoms with Crippen LogP contribution in [0.2, 0.25) is 0 Å². The molecule has 0 aromatic heterocycles. The normalized spacial score (nSPS) is 19.8. The fourth-order valence-electron chi connectivity index (χ4n) is 3.66. The lowest BCUT2D eigenvalue weighted by Gasteiger charge is -2.34. The van der Waals surface area contributed by atoms with Gasteiger partial charge in [-0.2, -0.15) is 0 Å². The van der Waals surface area contributed by atoms with Crippen molar-refractivity contribution in [2.24, 2.45) is 22.7 Å². The van der Waals surface area contributed by atoms with Crippen LogP contribution in [0.15, 0.2) is 0 Å². The summed E-state index contributed by atoms with van der Waals surface area (Å²) in [5, 5.41) is 3.39. The van der Waals surface area contributed by atoms with E-state index in [9.17, 15) is 0 Å². The fraction of sp³-hybridized carbons (Fsp3) is 1.00. The summed E-state index contributed by atoms with van der Waals surface area (Å²) in [6.07, 6.45) is 10.1. The lowest BCUT2D eigenvalue weighted by atomic mass is 9.72. The average molecular weight is 342 g/mol.